The van der Waals surface area contributed by atoms with Gasteiger partial charge in [0.05, 0.1) is 4.90 Å². The van der Waals surface area contributed by atoms with E-state index in [-0.39, 0.29) is 4.90 Å². The SMILES string of the molecule is CC(=O)NC(C(Cl)(Cl)Cl)S(=O)(=O)c1ccc(Cl)cc1. The highest BCUT2D eigenvalue weighted by Crippen LogP contribution is 2.35. The van der Waals surface area contributed by atoms with Crippen LogP contribution in [0.5, 0.6) is 0 Å². The van der Waals surface area contributed by atoms with E-state index in [9.17, 15) is 13.2 Å². The van der Waals surface area contributed by atoms with Crippen molar-refractivity contribution in [1.82, 2.24) is 5.32 Å². The molecule has 106 valence electrons. The number of amides is 1. The Morgan fingerprint density at radius 1 is 1.21 bits per heavy atom. The molecular weight excluding hydrogens is 356 g/mol. The van der Waals surface area contributed by atoms with Gasteiger partial charge in [-0.2, -0.15) is 0 Å². The molecular formula is C10H9Cl4NO3S. The third-order valence-corrected chi connectivity index (χ3v) is 5.40. The van der Waals surface area contributed by atoms with Gasteiger partial charge in [0, 0.05) is 11.9 Å². The minimum Gasteiger partial charge on any atom is -0.336 e. The quantitative estimate of drug-likeness (QED) is 0.838. The van der Waals surface area contributed by atoms with Crippen LogP contribution in [-0.4, -0.2) is 23.5 Å². The van der Waals surface area contributed by atoms with Crippen molar-refractivity contribution in [3.05, 3.63) is 29.3 Å². The molecule has 0 aromatic heterocycles. The molecule has 1 aromatic carbocycles. The maximum atomic E-state index is 12.3. The molecule has 0 saturated carbocycles. The van der Waals surface area contributed by atoms with Crippen LogP contribution in [0.25, 0.3) is 0 Å². The highest BCUT2D eigenvalue weighted by atomic mass is 35.6. The average Bonchev–Trinajstić information content (AvgIpc) is 2.24. The summed E-state index contributed by atoms with van der Waals surface area (Å²) in [6.07, 6.45) is 0. The Bertz CT molecular complexity index is 565. The van der Waals surface area contributed by atoms with Gasteiger partial charge in [0.1, 0.15) is 0 Å². The highest BCUT2D eigenvalue weighted by molar-refractivity contribution is 7.92. The maximum absolute atomic E-state index is 12.3. The Morgan fingerprint density at radius 2 is 1.68 bits per heavy atom. The summed E-state index contributed by atoms with van der Waals surface area (Å²) in [4.78, 5) is 11.0. The Hall–Kier alpha value is -0.200. The third kappa shape index (κ3) is 4.39. The number of carbonyl (C=O) groups is 1. The summed E-state index contributed by atoms with van der Waals surface area (Å²) >= 11 is 22.5. The highest BCUT2D eigenvalue weighted by Gasteiger charge is 2.44. The smallest absolute Gasteiger partial charge is 0.225 e. The van der Waals surface area contributed by atoms with Crippen molar-refractivity contribution < 1.29 is 13.2 Å². The first-order valence-electron chi connectivity index (χ1n) is 4.88. The largest absolute Gasteiger partial charge is 0.336 e. The van der Waals surface area contributed by atoms with Gasteiger partial charge >= 0.3 is 0 Å². The number of halogens is 4. The summed E-state index contributed by atoms with van der Waals surface area (Å²) in [5.41, 5.74) is 0. The molecule has 0 aliphatic rings. The summed E-state index contributed by atoms with van der Waals surface area (Å²) in [5.74, 6) is -0.631. The van der Waals surface area contributed by atoms with Crippen LogP contribution in [0.4, 0.5) is 0 Å². The number of rotatable bonds is 3. The van der Waals surface area contributed by atoms with E-state index in [1.807, 2.05) is 0 Å². The standard InChI is InChI=1S/C10H9Cl4NO3S/c1-6(16)15-9(10(12,13)14)19(17,18)8-4-2-7(11)3-5-8/h2-5,9H,1H3,(H,15,16). The fourth-order valence-electron chi connectivity index (χ4n) is 1.28. The lowest BCUT2D eigenvalue weighted by atomic mass is 10.4. The number of alkyl halides is 3. The molecule has 0 saturated heterocycles. The van der Waals surface area contributed by atoms with E-state index < -0.39 is 24.9 Å². The molecule has 4 nitrogen and oxygen atoms in total. The predicted molar refractivity (Wildman–Crippen MR) is 76.5 cm³/mol. The third-order valence-electron chi connectivity index (χ3n) is 2.08. The van der Waals surface area contributed by atoms with Crippen molar-refractivity contribution >= 4 is 62.1 Å². The maximum Gasteiger partial charge on any atom is 0.225 e. The summed E-state index contributed by atoms with van der Waals surface area (Å²) in [6, 6.07) is 5.31. The molecule has 0 aliphatic heterocycles. The first kappa shape index (κ1) is 16.9. The molecule has 0 spiro atoms. The summed E-state index contributed by atoms with van der Waals surface area (Å²) in [5, 5.41) is 0.791. The van der Waals surface area contributed by atoms with Crippen LogP contribution in [0.3, 0.4) is 0 Å². The Kier molecular flexibility index (Phi) is 5.37. The Labute approximate surface area is 130 Å². The molecule has 1 amide bonds. The fourth-order valence-corrected chi connectivity index (χ4v) is 4.09. The molecule has 1 unspecified atom stereocenters. The van der Waals surface area contributed by atoms with E-state index in [4.69, 9.17) is 46.4 Å². The minimum absolute atomic E-state index is 0.109. The second-order valence-electron chi connectivity index (χ2n) is 3.62. The fraction of sp³-hybridized carbons (Fsp3) is 0.300. The van der Waals surface area contributed by atoms with Crippen molar-refractivity contribution in [2.45, 2.75) is 21.0 Å². The molecule has 1 atom stereocenters. The van der Waals surface area contributed by atoms with E-state index in [2.05, 4.69) is 5.32 Å². The molecule has 1 rings (SSSR count). The molecule has 1 N–H and O–H groups in total. The molecule has 0 fully saturated rings. The van der Waals surface area contributed by atoms with Crippen molar-refractivity contribution in [3.8, 4) is 0 Å². The van der Waals surface area contributed by atoms with Gasteiger partial charge in [-0.05, 0) is 24.3 Å². The molecule has 9 heteroatoms. The topological polar surface area (TPSA) is 63.2 Å². The van der Waals surface area contributed by atoms with E-state index in [1.54, 1.807) is 0 Å². The zero-order valence-electron chi connectivity index (χ0n) is 9.53. The van der Waals surface area contributed by atoms with Crippen LogP contribution in [-0.2, 0) is 14.6 Å². The molecule has 19 heavy (non-hydrogen) atoms. The predicted octanol–water partition coefficient (Wildman–Crippen LogP) is 2.95. The van der Waals surface area contributed by atoms with E-state index in [0.29, 0.717) is 5.02 Å². The number of hydrogen-bond acceptors (Lipinski definition) is 3. The number of carbonyl (C=O) groups excluding carboxylic acids is 1. The second-order valence-corrected chi connectivity index (χ2v) is 8.46. The van der Waals surface area contributed by atoms with Gasteiger partial charge < -0.3 is 5.32 Å². The summed E-state index contributed by atoms with van der Waals surface area (Å²) < 4.78 is 22.4. The lowest BCUT2D eigenvalue weighted by molar-refractivity contribution is -0.119. The number of nitrogens with one attached hydrogen (secondary N) is 1. The van der Waals surface area contributed by atoms with E-state index in [0.717, 1.165) is 6.92 Å². The van der Waals surface area contributed by atoms with Gasteiger partial charge in [-0.25, -0.2) is 8.42 Å². The van der Waals surface area contributed by atoms with Crippen LogP contribution in [0.1, 0.15) is 6.92 Å². The normalized spacial score (nSPS) is 13.9. The first-order valence-corrected chi connectivity index (χ1v) is 7.94. The van der Waals surface area contributed by atoms with Crippen molar-refractivity contribution in [1.29, 1.82) is 0 Å². The van der Waals surface area contributed by atoms with Gasteiger partial charge in [0.15, 0.2) is 5.37 Å². The van der Waals surface area contributed by atoms with E-state index in [1.165, 1.54) is 24.3 Å². The van der Waals surface area contributed by atoms with Crippen molar-refractivity contribution in [3.63, 3.8) is 0 Å². The Balaban J connectivity index is 3.27. The monoisotopic (exact) mass is 363 g/mol. The van der Waals surface area contributed by atoms with Gasteiger partial charge in [-0.15, -0.1) is 0 Å². The zero-order chi connectivity index (χ0) is 14.8. The molecule has 0 aliphatic carbocycles. The summed E-state index contributed by atoms with van der Waals surface area (Å²) in [7, 11) is -4.06. The number of hydrogen-bond donors (Lipinski definition) is 1. The molecule has 0 bridgehead atoms. The lowest BCUT2D eigenvalue weighted by Crippen LogP contribution is -2.48. The van der Waals surface area contributed by atoms with Gasteiger partial charge in [-0.1, -0.05) is 46.4 Å². The second kappa shape index (κ2) is 6.06. The minimum atomic E-state index is -4.06. The van der Waals surface area contributed by atoms with Crippen LogP contribution in [0.15, 0.2) is 29.2 Å². The average molecular weight is 365 g/mol. The van der Waals surface area contributed by atoms with Gasteiger partial charge in [-0.3, -0.25) is 4.79 Å². The Morgan fingerprint density at radius 3 is 2.05 bits per heavy atom. The zero-order valence-corrected chi connectivity index (χ0v) is 13.4. The van der Waals surface area contributed by atoms with Crippen molar-refractivity contribution in [2.24, 2.45) is 0 Å². The number of benzene rings is 1. The van der Waals surface area contributed by atoms with Crippen LogP contribution in [0.2, 0.25) is 5.02 Å². The lowest BCUT2D eigenvalue weighted by Gasteiger charge is -2.24. The van der Waals surface area contributed by atoms with E-state index >= 15 is 0 Å². The molecule has 1 aromatic rings. The van der Waals surface area contributed by atoms with Crippen LogP contribution < -0.4 is 5.32 Å². The van der Waals surface area contributed by atoms with Crippen LogP contribution in [0, 0.1) is 0 Å². The van der Waals surface area contributed by atoms with Crippen LogP contribution >= 0.6 is 46.4 Å². The van der Waals surface area contributed by atoms with Gasteiger partial charge in [0.25, 0.3) is 0 Å². The van der Waals surface area contributed by atoms with Gasteiger partial charge in [0.2, 0.25) is 19.5 Å². The molecule has 0 radical (unpaired) electrons. The molecule has 0 heterocycles. The van der Waals surface area contributed by atoms with Crippen molar-refractivity contribution in [2.75, 3.05) is 0 Å². The summed E-state index contributed by atoms with van der Waals surface area (Å²) in [6.45, 7) is 1.13. The number of sulfone groups is 1. The first-order chi connectivity index (χ1) is 8.55.